The van der Waals surface area contributed by atoms with E-state index in [2.05, 4.69) is 50.4 Å². The van der Waals surface area contributed by atoms with Crippen LogP contribution in [0, 0.1) is 5.41 Å². The molecular weight excluding hydrogens is 264 g/mol. The lowest BCUT2D eigenvalue weighted by Crippen LogP contribution is -2.32. The fraction of sp³-hybridized carbons (Fsp3) is 0.588. The van der Waals surface area contributed by atoms with E-state index >= 15 is 0 Å². The minimum atomic E-state index is 0.417. The maximum Gasteiger partial charge on any atom is 0.161 e. The Hall–Kier alpha value is -0.960. The zero-order valence-corrected chi connectivity index (χ0v) is 13.7. The van der Waals surface area contributed by atoms with Crippen molar-refractivity contribution in [3.8, 4) is 0 Å². The smallest absolute Gasteiger partial charge is 0.161 e. The minimum Gasteiger partial charge on any atom is -0.335 e. The van der Waals surface area contributed by atoms with Gasteiger partial charge < -0.3 is 5.32 Å². The molecule has 2 nitrogen and oxygen atoms in total. The fourth-order valence-electron chi connectivity index (χ4n) is 2.47. The maximum absolute atomic E-state index is 4.75. The maximum atomic E-state index is 4.75. The van der Waals surface area contributed by atoms with Crippen molar-refractivity contribution in [2.75, 3.05) is 17.6 Å². The molecule has 0 aromatic heterocycles. The van der Waals surface area contributed by atoms with Crippen LogP contribution in [0.2, 0.25) is 0 Å². The van der Waals surface area contributed by atoms with E-state index in [1.54, 1.807) is 0 Å². The number of nitrogens with zero attached hydrogens (tertiary/aromatic N) is 1. The van der Waals surface area contributed by atoms with Crippen LogP contribution in [0.3, 0.4) is 0 Å². The average molecular weight is 290 g/mol. The molecular formula is C17H26N2S. The number of nitrogens with one attached hydrogen (secondary N) is 1. The molecule has 0 spiro atoms. The van der Waals surface area contributed by atoms with Crippen LogP contribution in [0.15, 0.2) is 29.3 Å². The molecule has 0 amide bonds. The zero-order valence-electron chi connectivity index (χ0n) is 12.9. The standard InChI is InChI=1S/C17H26N2S/c1-4-7-14-8-10-15(11-9-14)19-16-18-12-17(5-2,6-3)13-20-16/h8-11H,4-7,12-13H2,1-3H3,(H,18,19). The molecule has 0 saturated carbocycles. The fourth-order valence-corrected chi connectivity index (χ4v) is 3.76. The van der Waals surface area contributed by atoms with Gasteiger partial charge in [0.2, 0.25) is 0 Å². The number of hydrogen-bond acceptors (Lipinski definition) is 3. The molecule has 1 N–H and O–H groups in total. The highest BCUT2D eigenvalue weighted by Crippen LogP contribution is 2.35. The third-order valence-electron chi connectivity index (χ3n) is 4.32. The van der Waals surface area contributed by atoms with Gasteiger partial charge in [-0.3, -0.25) is 4.99 Å². The molecule has 0 radical (unpaired) electrons. The van der Waals surface area contributed by atoms with Gasteiger partial charge in [0.1, 0.15) is 0 Å². The molecule has 0 bridgehead atoms. The van der Waals surface area contributed by atoms with E-state index in [0.717, 1.165) is 23.8 Å². The molecule has 20 heavy (non-hydrogen) atoms. The molecule has 1 aromatic rings. The van der Waals surface area contributed by atoms with Gasteiger partial charge in [0.05, 0.1) is 0 Å². The van der Waals surface area contributed by atoms with Crippen LogP contribution in [-0.2, 0) is 6.42 Å². The van der Waals surface area contributed by atoms with Gasteiger partial charge in [-0.25, -0.2) is 0 Å². The number of thioether (sulfide) groups is 1. The van der Waals surface area contributed by atoms with Gasteiger partial charge in [-0.05, 0) is 42.4 Å². The van der Waals surface area contributed by atoms with Crippen molar-refractivity contribution in [1.82, 2.24) is 0 Å². The highest BCUT2D eigenvalue weighted by atomic mass is 32.2. The van der Waals surface area contributed by atoms with Crippen LogP contribution in [0.4, 0.5) is 5.69 Å². The first-order valence-electron chi connectivity index (χ1n) is 7.74. The Morgan fingerprint density at radius 1 is 1.15 bits per heavy atom. The number of rotatable bonds is 5. The van der Waals surface area contributed by atoms with Crippen LogP contribution in [-0.4, -0.2) is 17.5 Å². The van der Waals surface area contributed by atoms with E-state index < -0.39 is 0 Å². The Balaban J connectivity index is 1.96. The minimum absolute atomic E-state index is 0.417. The van der Waals surface area contributed by atoms with E-state index in [-0.39, 0.29) is 0 Å². The Kier molecular flexibility index (Phi) is 5.53. The topological polar surface area (TPSA) is 24.4 Å². The lowest BCUT2D eigenvalue weighted by molar-refractivity contribution is 0.318. The molecule has 1 heterocycles. The van der Waals surface area contributed by atoms with Gasteiger partial charge in [0.25, 0.3) is 0 Å². The van der Waals surface area contributed by atoms with Crippen molar-refractivity contribution in [1.29, 1.82) is 0 Å². The summed E-state index contributed by atoms with van der Waals surface area (Å²) in [6.45, 7) is 7.74. The SMILES string of the molecule is CCCc1ccc(NC2=NCC(CC)(CC)CS2)cc1. The quantitative estimate of drug-likeness (QED) is 0.829. The van der Waals surface area contributed by atoms with Crippen molar-refractivity contribution in [3.63, 3.8) is 0 Å². The van der Waals surface area contributed by atoms with Crippen molar-refractivity contribution >= 4 is 22.6 Å². The summed E-state index contributed by atoms with van der Waals surface area (Å²) in [6.07, 6.45) is 4.80. The predicted octanol–water partition coefficient (Wildman–Crippen LogP) is 4.96. The van der Waals surface area contributed by atoms with Gasteiger partial charge in [-0.2, -0.15) is 0 Å². The van der Waals surface area contributed by atoms with E-state index in [1.165, 1.54) is 30.6 Å². The molecule has 1 aromatic carbocycles. The first-order chi connectivity index (χ1) is 9.71. The van der Waals surface area contributed by atoms with Gasteiger partial charge >= 0.3 is 0 Å². The molecule has 1 aliphatic heterocycles. The summed E-state index contributed by atoms with van der Waals surface area (Å²) in [5, 5.41) is 4.52. The Morgan fingerprint density at radius 3 is 2.35 bits per heavy atom. The second-order valence-electron chi connectivity index (χ2n) is 5.69. The molecule has 0 fully saturated rings. The van der Waals surface area contributed by atoms with E-state index in [0.29, 0.717) is 5.41 Å². The summed E-state index contributed by atoms with van der Waals surface area (Å²) >= 11 is 1.87. The van der Waals surface area contributed by atoms with Crippen molar-refractivity contribution in [2.24, 2.45) is 10.4 Å². The highest BCUT2D eigenvalue weighted by Gasteiger charge is 2.30. The zero-order chi connectivity index (χ0) is 14.4. The summed E-state index contributed by atoms with van der Waals surface area (Å²) in [5.74, 6) is 1.18. The van der Waals surface area contributed by atoms with Crippen LogP contribution in [0.1, 0.15) is 45.6 Å². The monoisotopic (exact) mass is 290 g/mol. The summed E-state index contributed by atoms with van der Waals surface area (Å²) in [4.78, 5) is 4.75. The summed E-state index contributed by atoms with van der Waals surface area (Å²) in [5.41, 5.74) is 2.98. The van der Waals surface area contributed by atoms with Crippen LogP contribution < -0.4 is 5.32 Å². The number of anilines is 1. The van der Waals surface area contributed by atoms with Crippen molar-refractivity contribution < 1.29 is 0 Å². The molecule has 0 saturated heterocycles. The average Bonchev–Trinajstić information content (AvgIpc) is 2.51. The summed E-state index contributed by atoms with van der Waals surface area (Å²) in [6, 6.07) is 8.75. The Labute approximate surface area is 127 Å². The first kappa shape index (κ1) is 15.4. The lowest BCUT2D eigenvalue weighted by Gasteiger charge is -2.33. The molecule has 0 atom stereocenters. The molecule has 0 unspecified atom stereocenters. The normalized spacial score (nSPS) is 17.6. The lowest BCUT2D eigenvalue weighted by atomic mass is 9.84. The largest absolute Gasteiger partial charge is 0.335 e. The molecule has 2 rings (SSSR count). The molecule has 0 aliphatic carbocycles. The second kappa shape index (κ2) is 7.16. The summed E-state index contributed by atoms with van der Waals surface area (Å²) in [7, 11) is 0. The van der Waals surface area contributed by atoms with Gasteiger partial charge in [-0.15, -0.1) is 0 Å². The van der Waals surface area contributed by atoms with E-state index in [1.807, 2.05) is 11.8 Å². The summed E-state index contributed by atoms with van der Waals surface area (Å²) < 4.78 is 0. The van der Waals surface area contributed by atoms with Crippen LogP contribution >= 0.6 is 11.8 Å². The van der Waals surface area contributed by atoms with Gasteiger partial charge in [0, 0.05) is 18.0 Å². The first-order valence-corrected chi connectivity index (χ1v) is 8.73. The third-order valence-corrected chi connectivity index (χ3v) is 5.58. The molecule has 1 aliphatic rings. The van der Waals surface area contributed by atoms with E-state index in [4.69, 9.17) is 4.99 Å². The number of aryl methyl sites for hydroxylation is 1. The number of benzene rings is 1. The molecule has 3 heteroatoms. The van der Waals surface area contributed by atoms with Crippen molar-refractivity contribution in [3.05, 3.63) is 29.8 Å². The highest BCUT2D eigenvalue weighted by molar-refractivity contribution is 8.14. The van der Waals surface area contributed by atoms with Gasteiger partial charge in [-0.1, -0.05) is 51.1 Å². The van der Waals surface area contributed by atoms with Crippen molar-refractivity contribution in [2.45, 2.75) is 46.5 Å². The number of hydrogen-bond donors (Lipinski definition) is 1. The Bertz CT molecular complexity index is 447. The number of amidine groups is 1. The van der Waals surface area contributed by atoms with Gasteiger partial charge in [0.15, 0.2) is 5.17 Å². The van der Waals surface area contributed by atoms with Crippen LogP contribution in [0.5, 0.6) is 0 Å². The molecule has 110 valence electrons. The predicted molar refractivity (Wildman–Crippen MR) is 91.8 cm³/mol. The van der Waals surface area contributed by atoms with E-state index in [9.17, 15) is 0 Å². The number of aliphatic imine (C=N–C) groups is 1. The second-order valence-corrected chi connectivity index (χ2v) is 6.65. The Morgan fingerprint density at radius 2 is 1.85 bits per heavy atom. The van der Waals surface area contributed by atoms with Crippen LogP contribution in [0.25, 0.3) is 0 Å². The third kappa shape index (κ3) is 3.78.